The molecule has 4 heteroatoms. The van der Waals surface area contributed by atoms with E-state index in [0.29, 0.717) is 5.82 Å². The molecule has 0 spiro atoms. The van der Waals surface area contributed by atoms with E-state index in [1.54, 1.807) is 0 Å². The third-order valence-electron chi connectivity index (χ3n) is 12.1. The van der Waals surface area contributed by atoms with Gasteiger partial charge in [-0.05, 0) is 82.9 Å². The predicted molar refractivity (Wildman–Crippen MR) is 258 cm³/mol. The molecule has 0 atom stereocenters. The van der Waals surface area contributed by atoms with Crippen molar-refractivity contribution >= 4 is 43.6 Å². The largest absolute Gasteiger partial charge is 0.309 e. The maximum atomic E-state index is 5.48. The van der Waals surface area contributed by atoms with Crippen molar-refractivity contribution in [2.45, 2.75) is 0 Å². The molecule has 0 N–H and O–H groups in total. The van der Waals surface area contributed by atoms with Crippen molar-refractivity contribution in [2.24, 2.45) is 0 Å². The molecular formula is C58H38N4. The Morgan fingerprint density at radius 3 is 1.06 bits per heavy atom. The van der Waals surface area contributed by atoms with Gasteiger partial charge in [0, 0.05) is 49.6 Å². The second-order valence-corrected chi connectivity index (χ2v) is 15.8. The maximum absolute atomic E-state index is 5.48. The van der Waals surface area contributed by atoms with E-state index < -0.39 is 0 Å². The van der Waals surface area contributed by atoms with E-state index in [1.807, 2.05) is 0 Å². The average molecular weight is 791 g/mol. The molecule has 0 amide bonds. The number of nitrogens with zero attached hydrogens (tertiary/aromatic N) is 4. The first-order valence-electron chi connectivity index (χ1n) is 21.1. The molecule has 12 aromatic rings. The van der Waals surface area contributed by atoms with Crippen molar-refractivity contribution in [1.82, 2.24) is 19.1 Å². The monoisotopic (exact) mass is 790 g/mol. The summed E-state index contributed by atoms with van der Waals surface area (Å²) in [6.45, 7) is 0. The van der Waals surface area contributed by atoms with Crippen LogP contribution < -0.4 is 0 Å². The van der Waals surface area contributed by atoms with Crippen LogP contribution in [-0.4, -0.2) is 19.1 Å². The summed E-state index contributed by atoms with van der Waals surface area (Å²) in [6, 6.07) is 82.2. The van der Waals surface area contributed by atoms with Gasteiger partial charge in [-0.25, -0.2) is 9.97 Å². The van der Waals surface area contributed by atoms with Gasteiger partial charge in [-0.2, -0.15) is 0 Å². The molecule has 4 nitrogen and oxygen atoms in total. The number of aromatic nitrogens is 4. The van der Waals surface area contributed by atoms with E-state index >= 15 is 0 Å². The van der Waals surface area contributed by atoms with Gasteiger partial charge in [-0.1, -0.05) is 170 Å². The van der Waals surface area contributed by atoms with Crippen molar-refractivity contribution < 1.29 is 0 Å². The number of para-hydroxylation sites is 4. The van der Waals surface area contributed by atoms with E-state index in [4.69, 9.17) is 9.97 Å². The normalized spacial score (nSPS) is 11.5. The Labute approximate surface area is 359 Å². The lowest BCUT2D eigenvalue weighted by atomic mass is 10.00. The zero-order valence-corrected chi connectivity index (χ0v) is 33.7. The highest BCUT2D eigenvalue weighted by Gasteiger charge is 2.19. The third-order valence-corrected chi connectivity index (χ3v) is 12.1. The molecule has 290 valence electrons. The molecule has 0 aliphatic heterocycles. The molecule has 0 bridgehead atoms. The van der Waals surface area contributed by atoms with Crippen LogP contribution in [0.4, 0.5) is 0 Å². The second-order valence-electron chi connectivity index (χ2n) is 15.8. The Morgan fingerprint density at radius 2 is 0.597 bits per heavy atom. The molecule has 0 saturated heterocycles. The molecule has 0 aliphatic carbocycles. The maximum Gasteiger partial charge on any atom is 0.160 e. The highest BCUT2D eigenvalue weighted by Crippen LogP contribution is 2.39. The number of benzene rings is 9. The van der Waals surface area contributed by atoms with Gasteiger partial charge in [0.15, 0.2) is 5.82 Å². The van der Waals surface area contributed by atoms with Crippen molar-refractivity contribution in [3.63, 3.8) is 0 Å². The molecule has 0 unspecified atom stereocenters. The minimum atomic E-state index is 0.668. The first kappa shape index (κ1) is 35.6. The first-order chi connectivity index (χ1) is 30.7. The van der Waals surface area contributed by atoms with Crippen molar-refractivity contribution in [3.8, 4) is 67.5 Å². The van der Waals surface area contributed by atoms with Gasteiger partial charge in [0.2, 0.25) is 0 Å². The highest BCUT2D eigenvalue weighted by molar-refractivity contribution is 6.10. The molecule has 3 aromatic heterocycles. The van der Waals surface area contributed by atoms with E-state index in [1.165, 1.54) is 21.5 Å². The summed E-state index contributed by atoms with van der Waals surface area (Å²) in [5.74, 6) is 0.668. The molecule has 0 radical (unpaired) electrons. The van der Waals surface area contributed by atoms with Gasteiger partial charge in [-0.15, -0.1) is 0 Å². The van der Waals surface area contributed by atoms with Gasteiger partial charge >= 0.3 is 0 Å². The zero-order valence-electron chi connectivity index (χ0n) is 33.7. The first-order valence-corrected chi connectivity index (χ1v) is 21.1. The number of hydrogen-bond donors (Lipinski definition) is 0. The van der Waals surface area contributed by atoms with Crippen LogP contribution in [0.15, 0.2) is 231 Å². The van der Waals surface area contributed by atoms with E-state index in [0.717, 1.165) is 83.8 Å². The summed E-state index contributed by atoms with van der Waals surface area (Å²) >= 11 is 0. The molecule has 0 fully saturated rings. The van der Waals surface area contributed by atoms with Crippen LogP contribution in [-0.2, 0) is 0 Å². The van der Waals surface area contributed by atoms with Crippen LogP contribution in [0.3, 0.4) is 0 Å². The molecule has 0 saturated carbocycles. The molecule has 3 heterocycles. The van der Waals surface area contributed by atoms with Gasteiger partial charge < -0.3 is 9.13 Å². The lowest BCUT2D eigenvalue weighted by molar-refractivity contribution is 1.13. The van der Waals surface area contributed by atoms with E-state index in [-0.39, 0.29) is 0 Å². The van der Waals surface area contributed by atoms with Crippen LogP contribution in [0.2, 0.25) is 0 Å². The summed E-state index contributed by atoms with van der Waals surface area (Å²) in [7, 11) is 0. The van der Waals surface area contributed by atoms with Gasteiger partial charge in [0.05, 0.1) is 33.5 Å². The van der Waals surface area contributed by atoms with Crippen molar-refractivity contribution in [2.75, 3.05) is 0 Å². The SMILES string of the molecule is c1ccc(-c2cccc(-c3cc(-c4cc(-n5c6ccccc6c6ccccc65)cc(-n5c6ccccc6c6ccccc65)c4)nc(-c4cccc(-c5ccccc5)c4)n3)c2)cc1. The topological polar surface area (TPSA) is 35.6 Å². The lowest BCUT2D eigenvalue weighted by Crippen LogP contribution is -2.01. The summed E-state index contributed by atoms with van der Waals surface area (Å²) in [5.41, 5.74) is 15.9. The van der Waals surface area contributed by atoms with Crippen molar-refractivity contribution in [3.05, 3.63) is 231 Å². The minimum absolute atomic E-state index is 0.668. The Balaban J connectivity index is 1.14. The smallest absolute Gasteiger partial charge is 0.160 e. The fraction of sp³-hybridized carbons (Fsp3) is 0. The highest BCUT2D eigenvalue weighted by atomic mass is 15.0. The Hall–Kier alpha value is -8.34. The Bertz CT molecular complexity index is 3300. The molecule has 62 heavy (non-hydrogen) atoms. The zero-order chi connectivity index (χ0) is 41.0. The molecule has 9 aromatic carbocycles. The number of hydrogen-bond acceptors (Lipinski definition) is 2. The van der Waals surface area contributed by atoms with Crippen molar-refractivity contribution in [1.29, 1.82) is 0 Å². The minimum Gasteiger partial charge on any atom is -0.309 e. The third kappa shape index (κ3) is 6.08. The van der Waals surface area contributed by atoms with Gasteiger partial charge in [-0.3, -0.25) is 0 Å². The summed E-state index contributed by atoms with van der Waals surface area (Å²) in [6.07, 6.45) is 0. The van der Waals surface area contributed by atoms with Crippen LogP contribution in [0.25, 0.3) is 111 Å². The molecular weight excluding hydrogens is 753 g/mol. The fourth-order valence-electron chi connectivity index (χ4n) is 9.23. The number of rotatable bonds is 7. The van der Waals surface area contributed by atoms with E-state index in [2.05, 4.69) is 240 Å². The second kappa shape index (κ2) is 14.7. The molecule has 0 aliphatic rings. The van der Waals surface area contributed by atoms with Gasteiger partial charge in [0.25, 0.3) is 0 Å². The van der Waals surface area contributed by atoms with Crippen LogP contribution >= 0.6 is 0 Å². The van der Waals surface area contributed by atoms with Crippen LogP contribution in [0.1, 0.15) is 0 Å². The quantitative estimate of drug-likeness (QED) is 0.161. The fourth-order valence-corrected chi connectivity index (χ4v) is 9.23. The standard InChI is InChI=1S/C58H38N4/c1-3-17-39(18-4-1)41-21-15-23-43(33-41)52-38-53(60-58(59-52)44-24-16-22-42(34-44)40-19-5-2-6-20-40)45-35-46(61-54-29-11-7-25-48(54)49-26-8-12-30-55(49)61)37-47(36-45)62-56-31-13-9-27-50(56)51-28-10-14-32-57(51)62/h1-38H. The molecule has 12 rings (SSSR count). The summed E-state index contributed by atoms with van der Waals surface area (Å²) < 4.78 is 4.81. The Morgan fingerprint density at radius 1 is 0.242 bits per heavy atom. The average Bonchev–Trinajstić information content (AvgIpc) is 3.88. The summed E-state index contributed by atoms with van der Waals surface area (Å²) in [5, 5.41) is 4.87. The predicted octanol–water partition coefficient (Wildman–Crippen LogP) is 15.0. The van der Waals surface area contributed by atoms with E-state index in [9.17, 15) is 0 Å². The Kier molecular flexibility index (Phi) is 8.46. The van der Waals surface area contributed by atoms with Crippen LogP contribution in [0, 0.1) is 0 Å². The summed E-state index contributed by atoms with van der Waals surface area (Å²) in [4.78, 5) is 10.8. The van der Waals surface area contributed by atoms with Crippen LogP contribution in [0.5, 0.6) is 0 Å². The number of fused-ring (bicyclic) bond motifs is 6. The lowest BCUT2D eigenvalue weighted by Gasteiger charge is -2.16. The van der Waals surface area contributed by atoms with Gasteiger partial charge in [0.1, 0.15) is 0 Å².